The number of hydrogen-bond donors (Lipinski definition) is 0. The second kappa shape index (κ2) is 8.36. The van der Waals surface area contributed by atoms with Crippen LogP contribution in [0.15, 0.2) is 60.2 Å². The first-order valence-corrected chi connectivity index (χ1v) is 9.63. The lowest BCUT2D eigenvalue weighted by Gasteiger charge is -2.11. The lowest BCUT2D eigenvalue weighted by Crippen LogP contribution is -2.11. The highest BCUT2D eigenvalue weighted by Crippen LogP contribution is 2.33. The molecule has 3 aromatic carbocycles. The number of ether oxygens (including phenoxy) is 2. The molecule has 0 spiro atoms. The Labute approximate surface area is 185 Å². The Morgan fingerprint density at radius 1 is 0.906 bits per heavy atom. The molecule has 32 heavy (non-hydrogen) atoms. The summed E-state index contributed by atoms with van der Waals surface area (Å²) < 4.78 is 37.2. The SMILES string of the molecule is COc1cc(C=C2C(=O)c3ccccc3C2=O)ccc1OC(=O)c1cc(F)c(F)cc1Cl. The predicted molar refractivity (Wildman–Crippen MR) is 112 cm³/mol. The van der Waals surface area contributed by atoms with Crippen LogP contribution in [0.3, 0.4) is 0 Å². The smallest absolute Gasteiger partial charge is 0.345 e. The van der Waals surface area contributed by atoms with E-state index < -0.39 is 17.6 Å². The number of allylic oxidation sites excluding steroid dienone is 1. The molecule has 0 fully saturated rings. The van der Waals surface area contributed by atoms with E-state index in [4.69, 9.17) is 21.1 Å². The van der Waals surface area contributed by atoms with E-state index in [0.29, 0.717) is 28.8 Å². The lowest BCUT2D eigenvalue weighted by molar-refractivity contribution is 0.0728. The van der Waals surface area contributed by atoms with Crippen molar-refractivity contribution in [3.8, 4) is 11.5 Å². The second-order valence-electron chi connectivity index (χ2n) is 6.81. The Bertz CT molecular complexity index is 1290. The third-order valence-corrected chi connectivity index (χ3v) is 5.15. The first-order valence-electron chi connectivity index (χ1n) is 9.25. The van der Waals surface area contributed by atoms with Crippen LogP contribution >= 0.6 is 11.6 Å². The number of benzene rings is 3. The fourth-order valence-corrected chi connectivity index (χ4v) is 3.49. The van der Waals surface area contributed by atoms with Crippen molar-refractivity contribution in [2.45, 2.75) is 0 Å². The molecule has 4 rings (SSSR count). The second-order valence-corrected chi connectivity index (χ2v) is 7.22. The third kappa shape index (κ3) is 3.78. The maximum absolute atomic E-state index is 13.5. The van der Waals surface area contributed by atoms with Gasteiger partial charge < -0.3 is 9.47 Å². The van der Waals surface area contributed by atoms with Gasteiger partial charge in [-0.3, -0.25) is 9.59 Å². The maximum Gasteiger partial charge on any atom is 0.345 e. The van der Waals surface area contributed by atoms with Crippen LogP contribution in [-0.4, -0.2) is 24.6 Å². The van der Waals surface area contributed by atoms with Gasteiger partial charge in [0.05, 0.1) is 23.3 Å². The molecule has 3 aromatic rings. The summed E-state index contributed by atoms with van der Waals surface area (Å²) in [6.07, 6.45) is 1.42. The topological polar surface area (TPSA) is 69.7 Å². The van der Waals surface area contributed by atoms with Crippen molar-refractivity contribution in [2.24, 2.45) is 0 Å². The van der Waals surface area contributed by atoms with E-state index in [1.54, 1.807) is 24.3 Å². The van der Waals surface area contributed by atoms with E-state index in [1.807, 2.05) is 0 Å². The summed E-state index contributed by atoms with van der Waals surface area (Å²) in [6.45, 7) is 0. The van der Waals surface area contributed by atoms with Gasteiger partial charge in [-0.25, -0.2) is 13.6 Å². The summed E-state index contributed by atoms with van der Waals surface area (Å²) in [7, 11) is 1.33. The van der Waals surface area contributed by atoms with E-state index in [-0.39, 0.29) is 39.2 Å². The lowest BCUT2D eigenvalue weighted by atomic mass is 10.1. The average molecular weight is 455 g/mol. The quantitative estimate of drug-likeness (QED) is 0.176. The van der Waals surface area contributed by atoms with Gasteiger partial charge in [-0.1, -0.05) is 41.9 Å². The zero-order valence-corrected chi connectivity index (χ0v) is 17.2. The van der Waals surface area contributed by atoms with Gasteiger partial charge >= 0.3 is 5.97 Å². The van der Waals surface area contributed by atoms with E-state index >= 15 is 0 Å². The first kappa shape index (κ1) is 21.4. The van der Waals surface area contributed by atoms with Gasteiger partial charge in [0.1, 0.15) is 0 Å². The number of rotatable bonds is 4. The van der Waals surface area contributed by atoms with Crippen molar-refractivity contribution < 1.29 is 32.6 Å². The Morgan fingerprint density at radius 3 is 2.16 bits per heavy atom. The number of hydrogen-bond acceptors (Lipinski definition) is 5. The van der Waals surface area contributed by atoms with Gasteiger partial charge in [0.2, 0.25) is 0 Å². The van der Waals surface area contributed by atoms with Crippen molar-refractivity contribution in [3.63, 3.8) is 0 Å². The number of carbonyl (C=O) groups is 3. The maximum atomic E-state index is 13.5. The van der Waals surface area contributed by atoms with Crippen LogP contribution in [0.5, 0.6) is 11.5 Å². The van der Waals surface area contributed by atoms with Crippen molar-refractivity contribution in [1.82, 2.24) is 0 Å². The fraction of sp³-hybridized carbons (Fsp3) is 0.0417. The highest BCUT2D eigenvalue weighted by atomic mass is 35.5. The highest BCUT2D eigenvalue weighted by Gasteiger charge is 2.32. The zero-order valence-electron chi connectivity index (χ0n) is 16.4. The highest BCUT2D eigenvalue weighted by molar-refractivity contribution is 6.41. The summed E-state index contributed by atoms with van der Waals surface area (Å²) >= 11 is 5.81. The van der Waals surface area contributed by atoms with Crippen LogP contribution in [0.25, 0.3) is 6.08 Å². The minimum Gasteiger partial charge on any atom is -0.493 e. The predicted octanol–water partition coefficient (Wildman–Crippen LogP) is 5.31. The number of ketones is 2. The number of fused-ring (bicyclic) bond motifs is 1. The van der Waals surface area contributed by atoms with E-state index in [0.717, 1.165) is 0 Å². The number of carbonyl (C=O) groups excluding carboxylic acids is 3. The van der Waals surface area contributed by atoms with Gasteiger partial charge in [-0.05, 0) is 35.9 Å². The molecule has 0 aromatic heterocycles. The summed E-state index contributed by atoms with van der Waals surface area (Å²) in [5.41, 5.74) is 0.775. The molecule has 160 valence electrons. The summed E-state index contributed by atoms with van der Waals surface area (Å²) in [5.74, 6) is -4.13. The Kier molecular flexibility index (Phi) is 5.59. The minimum atomic E-state index is -1.25. The molecule has 0 bridgehead atoms. The normalized spacial score (nSPS) is 12.6. The molecular weight excluding hydrogens is 442 g/mol. The van der Waals surface area contributed by atoms with E-state index in [9.17, 15) is 23.2 Å². The van der Waals surface area contributed by atoms with Crippen LogP contribution < -0.4 is 9.47 Å². The molecule has 0 radical (unpaired) electrons. The minimum absolute atomic E-state index is 0.00608. The number of Topliss-reactive ketones (excluding diaryl/α,β-unsaturated/α-hetero) is 2. The molecular formula is C24H13ClF2O5. The first-order chi connectivity index (χ1) is 15.3. The number of esters is 1. The number of methoxy groups -OCH3 is 1. The Hall–Kier alpha value is -3.84. The molecule has 0 amide bonds. The van der Waals surface area contributed by atoms with Gasteiger partial charge in [0.15, 0.2) is 34.7 Å². The van der Waals surface area contributed by atoms with Crippen LogP contribution in [-0.2, 0) is 0 Å². The number of halogens is 3. The molecule has 1 aliphatic rings. The van der Waals surface area contributed by atoms with Crippen LogP contribution in [0.2, 0.25) is 5.02 Å². The average Bonchev–Trinajstić information content (AvgIpc) is 3.02. The molecule has 0 saturated heterocycles. The van der Waals surface area contributed by atoms with E-state index in [1.165, 1.54) is 31.4 Å². The van der Waals surface area contributed by atoms with Gasteiger partial charge in [-0.2, -0.15) is 0 Å². The van der Waals surface area contributed by atoms with Crippen molar-refractivity contribution in [2.75, 3.05) is 7.11 Å². The van der Waals surface area contributed by atoms with Crippen LogP contribution in [0, 0.1) is 11.6 Å². The molecule has 5 nitrogen and oxygen atoms in total. The van der Waals surface area contributed by atoms with Crippen molar-refractivity contribution >= 4 is 35.2 Å². The van der Waals surface area contributed by atoms with Crippen molar-refractivity contribution in [3.05, 3.63) is 99.1 Å². The molecule has 0 N–H and O–H groups in total. The molecule has 0 unspecified atom stereocenters. The summed E-state index contributed by atoms with van der Waals surface area (Å²) in [6, 6.07) is 12.2. The van der Waals surface area contributed by atoms with Crippen LogP contribution in [0.1, 0.15) is 36.6 Å². The monoisotopic (exact) mass is 454 g/mol. The molecule has 0 atom stereocenters. The van der Waals surface area contributed by atoms with Gasteiger partial charge in [0, 0.05) is 11.1 Å². The summed E-state index contributed by atoms with van der Waals surface area (Å²) in [5, 5.41) is -0.313. The fourth-order valence-electron chi connectivity index (χ4n) is 3.26. The van der Waals surface area contributed by atoms with Gasteiger partial charge in [0.25, 0.3) is 0 Å². The third-order valence-electron chi connectivity index (χ3n) is 4.84. The van der Waals surface area contributed by atoms with Crippen molar-refractivity contribution in [1.29, 1.82) is 0 Å². The molecule has 1 aliphatic carbocycles. The molecule has 0 aliphatic heterocycles. The molecule has 0 saturated carbocycles. The Morgan fingerprint density at radius 2 is 1.53 bits per heavy atom. The van der Waals surface area contributed by atoms with Crippen LogP contribution in [0.4, 0.5) is 8.78 Å². The molecule has 0 heterocycles. The van der Waals surface area contributed by atoms with Gasteiger partial charge in [-0.15, -0.1) is 0 Å². The molecule has 8 heteroatoms. The largest absolute Gasteiger partial charge is 0.493 e. The van der Waals surface area contributed by atoms with E-state index in [2.05, 4.69) is 0 Å². The Balaban J connectivity index is 1.63. The standard InChI is InChI=1S/C24H13ClF2O5/c1-31-21-9-12(8-16-22(28)13-4-2-3-5-14(13)23(16)29)6-7-20(21)32-24(30)15-10-18(26)19(27)11-17(15)25/h2-11H,1H3. The summed E-state index contributed by atoms with van der Waals surface area (Å²) in [4.78, 5) is 37.5. The zero-order chi connectivity index (χ0) is 23.0.